The van der Waals surface area contributed by atoms with E-state index in [1.54, 1.807) is 42.5 Å². The Morgan fingerprint density at radius 3 is 2.29 bits per heavy atom. The summed E-state index contributed by atoms with van der Waals surface area (Å²) >= 11 is 0. The van der Waals surface area contributed by atoms with E-state index in [0.717, 1.165) is 11.0 Å². The zero-order valence-corrected chi connectivity index (χ0v) is 17.2. The van der Waals surface area contributed by atoms with Crippen molar-refractivity contribution in [3.8, 4) is 5.75 Å². The summed E-state index contributed by atoms with van der Waals surface area (Å²) in [6.45, 7) is 0.420. The molecule has 1 aromatic heterocycles. The number of halogens is 1. The van der Waals surface area contributed by atoms with Crippen molar-refractivity contribution in [3.05, 3.63) is 95.3 Å². The molecule has 0 radical (unpaired) electrons. The molecule has 1 heterocycles. The van der Waals surface area contributed by atoms with Crippen molar-refractivity contribution < 1.29 is 36.4 Å². The van der Waals surface area contributed by atoms with E-state index in [-0.39, 0.29) is 30.6 Å². The van der Waals surface area contributed by atoms with Gasteiger partial charge >= 0.3 is 0 Å². The van der Waals surface area contributed by atoms with Gasteiger partial charge in [0.1, 0.15) is 25.0 Å². The van der Waals surface area contributed by atoms with Crippen LogP contribution in [0.1, 0.15) is 31.8 Å². The Morgan fingerprint density at radius 2 is 1.52 bits per heavy atom. The number of fused-ring (bicyclic) bond motifs is 3. The second-order valence-corrected chi connectivity index (χ2v) is 7.32. The molecule has 31 heavy (non-hydrogen) atoms. The van der Waals surface area contributed by atoms with Crippen LogP contribution in [0.5, 0.6) is 5.75 Å². The summed E-state index contributed by atoms with van der Waals surface area (Å²) in [6, 6.07) is 19.5. The molecule has 0 aliphatic heterocycles. The van der Waals surface area contributed by atoms with Gasteiger partial charge in [0.05, 0.1) is 0 Å². The first kappa shape index (κ1) is 20.8. The lowest BCUT2D eigenvalue weighted by Crippen LogP contribution is -3.00. The van der Waals surface area contributed by atoms with Gasteiger partial charge in [-0.05, 0) is 30.3 Å². The molecule has 4 aromatic rings. The molecule has 0 saturated heterocycles. The van der Waals surface area contributed by atoms with E-state index < -0.39 is 6.10 Å². The van der Waals surface area contributed by atoms with Gasteiger partial charge < -0.3 is 22.3 Å². The number of aliphatic hydroxyl groups excluding tert-OH is 1. The molecule has 0 saturated carbocycles. The van der Waals surface area contributed by atoms with Gasteiger partial charge in [-0.15, -0.1) is 0 Å². The second-order valence-electron chi connectivity index (χ2n) is 7.32. The lowest BCUT2D eigenvalue weighted by molar-refractivity contribution is -0.678. The highest BCUT2D eigenvalue weighted by molar-refractivity contribution is 6.28. The van der Waals surface area contributed by atoms with Crippen LogP contribution in [0.4, 0.5) is 0 Å². The third-order valence-corrected chi connectivity index (χ3v) is 5.34. The molecule has 0 spiro atoms. The number of hydrogen-bond donors (Lipinski definition) is 2. The Bertz CT molecular complexity index is 1300. The van der Waals surface area contributed by atoms with Gasteiger partial charge in [-0.25, -0.2) is 9.55 Å². The maximum atomic E-state index is 12.8. The van der Waals surface area contributed by atoms with Crippen molar-refractivity contribution in [1.29, 1.82) is 0 Å². The number of carbonyl (C=O) groups is 2. The fraction of sp³-hybridized carbons (Fsp3) is 0.125. The molecule has 1 unspecified atom stereocenters. The number of para-hydroxylation sites is 2. The summed E-state index contributed by atoms with van der Waals surface area (Å²) in [5.74, 6) is 0.0836. The van der Waals surface area contributed by atoms with E-state index in [0.29, 0.717) is 34.5 Å². The number of aromatic amines is 1. The van der Waals surface area contributed by atoms with Crippen molar-refractivity contribution in [2.75, 3.05) is 6.61 Å². The average Bonchev–Trinajstić information content (AvgIpc) is 3.19. The number of imidazole rings is 1. The van der Waals surface area contributed by atoms with Gasteiger partial charge in [-0.2, -0.15) is 0 Å². The predicted octanol–water partition coefficient (Wildman–Crippen LogP) is -0.325. The van der Waals surface area contributed by atoms with Crippen LogP contribution in [-0.2, 0) is 6.54 Å². The first-order chi connectivity index (χ1) is 14.6. The van der Waals surface area contributed by atoms with Crippen LogP contribution in [0.15, 0.2) is 73.1 Å². The second kappa shape index (κ2) is 8.34. The van der Waals surface area contributed by atoms with Crippen molar-refractivity contribution in [3.63, 3.8) is 0 Å². The number of aromatic nitrogens is 2. The van der Waals surface area contributed by atoms with Crippen LogP contribution in [-0.4, -0.2) is 34.4 Å². The van der Waals surface area contributed by atoms with Crippen LogP contribution in [0.25, 0.3) is 11.0 Å². The summed E-state index contributed by atoms with van der Waals surface area (Å²) in [5.41, 5.74) is 3.52. The number of ketones is 2. The van der Waals surface area contributed by atoms with E-state index in [4.69, 9.17) is 4.74 Å². The number of ether oxygens (including phenoxy) is 1. The Morgan fingerprint density at radius 1 is 0.871 bits per heavy atom. The summed E-state index contributed by atoms with van der Waals surface area (Å²) < 4.78 is 7.66. The molecular formula is C24H19ClN2O4. The summed E-state index contributed by atoms with van der Waals surface area (Å²) in [4.78, 5) is 28.7. The van der Waals surface area contributed by atoms with E-state index in [2.05, 4.69) is 4.98 Å². The molecular weight excluding hydrogens is 416 g/mol. The summed E-state index contributed by atoms with van der Waals surface area (Å²) in [5, 5.41) is 10.4. The fourth-order valence-electron chi connectivity index (χ4n) is 3.85. The monoisotopic (exact) mass is 434 g/mol. The number of benzene rings is 3. The molecule has 6 nitrogen and oxygen atoms in total. The smallest absolute Gasteiger partial charge is 0.242 e. The van der Waals surface area contributed by atoms with Gasteiger partial charge in [0.25, 0.3) is 0 Å². The highest BCUT2D eigenvalue weighted by Crippen LogP contribution is 2.29. The first-order valence-corrected chi connectivity index (χ1v) is 9.71. The van der Waals surface area contributed by atoms with Crippen LogP contribution in [0.2, 0.25) is 0 Å². The van der Waals surface area contributed by atoms with E-state index in [1.807, 2.05) is 35.2 Å². The van der Waals surface area contributed by atoms with Crippen molar-refractivity contribution in [2.24, 2.45) is 0 Å². The Hall–Kier alpha value is -3.48. The average molecular weight is 435 g/mol. The molecule has 0 bridgehead atoms. The molecule has 0 fully saturated rings. The highest BCUT2D eigenvalue weighted by Gasteiger charge is 2.29. The van der Waals surface area contributed by atoms with Gasteiger partial charge in [-0.3, -0.25) is 9.59 Å². The Balaban J connectivity index is 0.00000231. The molecule has 1 aliphatic rings. The quantitative estimate of drug-likeness (QED) is 0.371. The third-order valence-electron chi connectivity index (χ3n) is 5.34. The minimum atomic E-state index is -0.747. The summed E-state index contributed by atoms with van der Waals surface area (Å²) in [7, 11) is 0. The maximum absolute atomic E-state index is 12.8. The van der Waals surface area contributed by atoms with Crippen molar-refractivity contribution >= 4 is 22.6 Å². The van der Waals surface area contributed by atoms with Crippen molar-refractivity contribution in [1.82, 2.24) is 4.98 Å². The van der Waals surface area contributed by atoms with Crippen LogP contribution >= 0.6 is 0 Å². The normalized spacial score (nSPS) is 13.3. The highest BCUT2D eigenvalue weighted by atomic mass is 35.5. The molecule has 3 aromatic carbocycles. The molecule has 0 amide bonds. The standard InChI is InChI=1S/C24H18N2O4.ClH/c27-15(12-26-14-25-21-7-3-4-8-22(21)26)13-30-16-9-10-19-20(11-16)24(29)18-6-2-1-5-17(18)23(19)28;/h1-11,14-15,27H,12-13H2;1H. The van der Waals surface area contributed by atoms with Gasteiger partial charge in [0.2, 0.25) is 6.33 Å². The van der Waals surface area contributed by atoms with Gasteiger partial charge in [0, 0.05) is 22.3 Å². The molecule has 1 atom stereocenters. The van der Waals surface area contributed by atoms with E-state index >= 15 is 0 Å². The van der Waals surface area contributed by atoms with E-state index in [1.165, 1.54) is 0 Å². The van der Waals surface area contributed by atoms with Crippen LogP contribution in [0, 0.1) is 0 Å². The number of aliphatic hydroxyl groups is 1. The molecule has 2 N–H and O–H groups in total. The third kappa shape index (κ3) is 3.71. The maximum Gasteiger partial charge on any atom is 0.242 e. The lowest BCUT2D eigenvalue weighted by atomic mass is 9.84. The van der Waals surface area contributed by atoms with Crippen LogP contribution in [0.3, 0.4) is 0 Å². The Labute approximate surface area is 184 Å². The zero-order valence-electron chi connectivity index (χ0n) is 16.4. The SMILES string of the molecule is O=C1c2ccccc2C(=O)c2cc(OCC(O)C[n+]3c[nH]c4ccccc43)ccc21.[Cl-]. The molecule has 156 valence electrons. The minimum absolute atomic E-state index is 0. The molecule has 1 aliphatic carbocycles. The molecule has 5 rings (SSSR count). The van der Waals surface area contributed by atoms with Gasteiger partial charge in [-0.1, -0.05) is 36.4 Å². The van der Waals surface area contributed by atoms with Crippen molar-refractivity contribution in [2.45, 2.75) is 12.6 Å². The number of carbonyl (C=O) groups excluding carboxylic acids is 2. The number of nitrogens with zero attached hydrogens (tertiary/aromatic N) is 1. The predicted molar refractivity (Wildman–Crippen MR) is 110 cm³/mol. The number of hydrogen-bond acceptors (Lipinski definition) is 4. The largest absolute Gasteiger partial charge is 1.00 e. The van der Waals surface area contributed by atoms with Crippen LogP contribution < -0.4 is 21.7 Å². The number of H-pyrrole nitrogens is 1. The first-order valence-electron chi connectivity index (χ1n) is 9.71. The Kier molecular flexibility index (Phi) is 5.59. The topological polar surface area (TPSA) is 83.3 Å². The molecule has 7 heteroatoms. The van der Waals surface area contributed by atoms with E-state index in [9.17, 15) is 14.7 Å². The zero-order chi connectivity index (χ0) is 20.7. The minimum Gasteiger partial charge on any atom is -1.00 e. The lowest BCUT2D eigenvalue weighted by Gasteiger charge is -2.18. The van der Waals surface area contributed by atoms with Gasteiger partial charge in [0.15, 0.2) is 22.6 Å². The summed E-state index contributed by atoms with van der Waals surface area (Å²) in [6.07, 6.45) is 1.07. The fourth-order valence-corrected chi connectivity index (χ4v) is 3.85. The number of nitrogens with one attached hydrogen (secondary N) is 1. The number of rotatable bonds is 5.